The van der Waals surface area contributed by atoms with Crippen LogP contribution in [0.2, 0.25) is 0 Å². The second-order valence-electron chi connectivity index (χ2n) is 6.57. The van der Waals surface area contributed by atoms with E-state index in [1.807, 2.05) is 6.92 Å². The van der Waals surface area contributed by atoms with Gasteiger partial charge in [0.2, 0.25) is 0 Å². The van der Waals surface area contributed by atoms with E-state index >= 15 is 0 Å². The molecule has 0 aliphatic carbocycles. The van der Waals surface area contributed by atoms with Gasteiger partial charge in [-0.25, -0.2) is 23.5 Å². The van der Waals surface area contributed by atoms with E-state index in [2.05, 4.69) is 15.3 Å². The van der Waals surface area contributed by atoms with Gasteiger partial charge in [-0.3, -0.25) is 9.36 Å². The zero-order valence-electron chi connectivity index (χ0n) is 16.1. The number of aromatic nitrogens is 3. The number of nitrogens with zero attached hydrogens (tertiary/aromatic N) is 3. The van der Waals surface area contributed by atoms with Gasteiger partial charge in [-0.2, -0.15) is 0 Å². The van der Waals surface area contributed by atoms with Crippen LogP contribution in [0.5, 0.6) is 0 Å². The number of hydrogen-bond acceptors (Lipinski definition) is 5. The molecule has 0 atom stereocenters. The Balaban J connectivity index is 1.66. The fourth-order valence-corrected chi connectivity index (χ4v) is 3.23. The number of rotatable bonds is 4. The van der Waals surface area contributed by atoms with Crippen molar-refractivity contribution in [1.82, 2.24) is 14.5 Å². The Morgan fingerprint density at radius 3 is 2.50 bits per heavy atom. The normalized spacial score (nSPS) is 11.1. The first kappa shape index (κ1) is 19.4. The number of aryl methyl sites for hydroxylation is 2. The Kier molecular flexibility index (Phi) is 4.86. The molecule has 9 heteroatoms. The number of nitrogens with one attached hydrogen (secondary N) is 1. The Labute approximate surface area is 169 Å². The molecule has 3 heterocycles. The third-order valence-corrected chi connectivity index (χ3v) is 4.76. The van der Waals surface area contributed by atoms with Crippen LogP contribution in [0.1, 0.15) is 22.8 Å². The molecular weight excluding hydrogens is 394 g/mol. The molecule has 1 amide bonds. The Morgan fingerprint density at radius 2 is 1.87 bits per heavy atom. The monoisotopic (exact) mass is 410 g/mol. The van der Waals surface area contributed by atoms with Gasteiger partial charge in [-0.15, -0.1) is 0 Å². The van der Waals surface area contributed by atoms with Crippen molar-refractivity contribution in [3.8, 4) is 11.1 Å². The number of carbonyl (C=O) groups excluding carboxylic acids is 1. The molecule has 4 aromatic rings. The molecule has 7 nitrogen and oxygen atoms in total. The number of halogens is 2. The van der Waals surface area contributed by atoms with Crippen molar-refractivity contribution in [2.24, 2.45) is 7.05 Å². The molecule has 0 saturated heterocycles. The molecule has 3 aromatic heterocycles. The number of oxazole rings is 1. The molecule has 0 aliphatic rings. The average Bonchev–Trinajstić information content (AvgIpc) is 3.02. The maximum Gasteiger partial charge on any atom is 0.420 e. The SMILES string of the molecule is CCc1c(-c2ccc(NC(=O)c3c(F)cccc3F)nc2)cnc2c1oc(=O)n2C. The molecule has 0 unspecified atom stereocenters. The Morgan fingerprint density at radius 1 is 1.13 bits per heavy atom. The van der Waals surface area contributed by atoms with Gasteiger partial charge in [0.25, 0.3) is 5.91 Å². The van der Waals surface area contributed by atoms with Crippen molar-refractivity contribution in [1.29, 1.82) is 0 Å². The van der Waals surface area contributed by atoms with Crippen LogP contribution in [0.15, 0.2) is 51.9 Å². The summed E-state index contributed by atoms with van der Waals surface area (Å²) >= 11 is 0. The molecule has 152 valence electrons. The van der Waals surface area contributed by atoms with Crippen LogP contribution < -0.4 is 11.1 Å². The first-order valence-electron chi connectivity index (χ1n) is 9.10. The quantitative estimate of drug-likeness (QED) is 0.554. The lowest BCUT2D eigenvalue weighted by molar-refractivity contribution is 0.101. The van der Waals surface area contributed by atoms with Crippen LogP contribution in [0.25, 0.3) is 22.4 Å². The summed E-state index contributed by atoms with van der Waals surface area (Å²) in [4.78, 5) is 32.5. The predicted molar refractivity (Wildman–Crippen MR) is 106 cm³/mol. The average molecular weight is 410 g/mol. The molecule has 1 aromatic carbocycles. The molecule has 0 spiro atoms. The Hall–Kier alpha value is -3.88. The lowest BCUT2D eigenvalue weighted by Gasteiger charge is -2.10. The summed E-state index contributed by atoms with van der Waals surface area (Å²) in [5, 5.41) is 2.38. The van der Waals surface area contributed by atoms with E-state index in [4.69, 9.17) is 4.42 Å². The number of benzene rings is 1. The molecule has 30 heavy (non-hydrogen) atoms. The summed E-state index contributed by atoms with van der Waals surface area (Å²) in [5.74, 6) is -3.22. The molecule has 0 saturated carbocycles. The first-order valence-corrected chi connectivity index (χ1v) is 9.10. The highest BCUT2D eigenvalue weighted by Gasteiger charge is 2.19. The number of fused-ring (bicyclic) bond motifs is 1. The summed E-state index contributed by atoms with van der Waals surface area (Å²) in [6, 6.07) is 6.39. The van der Waals surface area contributed by atoms with Crippen molar-refractivity contribution in [2.75, 3.05) is 5.32 Å². The van der Waals surface area contributed by atoms with E-state index in [9.17, 15) is 18.4 Å². The summed E-state index contributed by atoms with van der Waals surface area (Å²) in [5.41, 5.74) is 2.39. The summed E-state index contributed by atoms with van der Waals surface area (Å²) in [6.45, 7) is 1.93. The molecule has 4 rings (SSSR count). The Bertz CT molecular complexity index is 1310. The van der Waals surface area contributed by atoms with Crippen LogP contribution >= 0.6 is 0 Å². The molecule has 0 bridgehead atoms. The van der Waals surface area contributed by atoms with Gasteiger partial charge >= 0.3 is 5.76 Å². The first-order chi connectivity index (χ1) is 14.4. The van der Waals surface area contributed by atoms with Crippen molar-refractivity contribution >= 4 is 23.0 Å². The van der Waals surface area contributed by atoms with Gasteiger partial charge in [0.1, 0.15) is 23.0 Å². The highest BCUT2D eigenvalue weighted by molar-refractivity contribution is 6.04. The second kappa shape index (κ2) is 7.51. The van der Waals surface area contributed by atoms with E-state index in [1.165, 1.54) is 22.9 Å². The van der Waals surface area contributed by atoms with Crippen LogP contribution in [-0.2, 0) is 13.5 Å². The number of pyridine rings is 2. The van der Waals surface area contributed by atoms with Crippen LogP contribution in [0, 0.1) is 11.6 Å². The summed E-state index contributed by atoms with van der Waals surface area (Å²) < 4.78 is 34.2. The molecule has 1 N–H and O–H groups in total. The van der Waals surface area contributed by atoms with E-state index in [0.29, 0.717) is 23.2 Å². The van der Waals surface area contributed by atoms with Gasteiger partial charge in [-0.05, 0) is 30.7 Å². The third-order valence-electron chi connectivity index (χ3n) is 4.76. The number of amides is 1. The van der Waals surface area contributed by atoms with Crippen LogP contribution in [0.4, 0.5) is 14.6 Å². The summed E-state index contributed by atoms with van der Waals surface area (Å²) in [7, 11) is 1.58. The zero-order chi connectivity index (χ0) is 21.4. The smallest absolute Gasteiger partial charge is 0.406 e. The van der Waals surface area contributed by atoms with Crippen molar-refractivity contribution in [3.63, 3.8) is 0 Å². The van der Waals surface area contributed by atoms with Crippen molar-refractivity contribution in [3.05, 3.63) is 76.0 Å². The minimum Gasteiger partial charge on any atom is -0.406 e. The van der Waals surface area contributed by atoms with E-state index in [1.54, 1.807) is 19.3 Å². The molecular formula is C21H16F2N4O3. The van der Waals surface area contributed by atoms with Crippen molar-refractivity contribution in [2.45, 2.75) is 13.3 Å². The topological polar surface area (TPSA) is 90.0 Å². The molecule has 0 aliphatic heterocycles. The van der Waals surface area contributed by atoms with E-state index in [0.717, 1.165) is 23.3 Å². The van der Waals surface area contributed by atoms with E-state index < -0.39 is 28.9 Å². The van der Waals surface area contributed by atoms with Crippen LogP contribution in [-0.4, -0.2) is 20.4 Å². The number of anilines is 1. The highest BCUT2D eigenvalue weighted by atomic mass is 19.1. The standard InChI is InChI=1S/C21H16F2N4O3/c1-3-12-13(10-25-19-18(12)30-21(29)27(19)2)11-7-8-16(24-9-11)26-20(28)17-14(22)5-4-6-15(17)23/h4-10H,3H2,1-2H3,(H,24,26,28). The molecule has 0 radical (unpaired) electrons. The highest BCUT2D eigenvalue weighted by Crippen LogP contribution is 2.29. The third kappa shape index (κ3) is 3.24. The van der Waals surface area contributed by atoms with Crippen LogP contribution in [0.3, 0.4) is 0 Å². The predicted octanol–water partition coefficient (Wildman–Crippen LogP) is 3.68. The largest absolute Gasteiger partial charge is 0.420 e. The van der Waals surface area contributed by atoms with Gasteiger partial charge in [0, 0.05) is 36.1 Å². The fourth-order valence-electron chi connectivity index (χ4n) is 3.23. The van der Waals surface area contributed by atoms with Crippen molar-refractivity contribution < 1.29 is 18.0 Å². The minimum absolute atomic E-state index is 0.129. The summed E-state index contributed by atoms with van der Waals surface area (Å²) in [6.07, 6.45) is 3.71. The lowest BCUT2D eigenvalue weighted by atomic mass is 10.0. The van der Waals surface area contributed by atoms with Gasteiger partial charge in [-0.1, -0.05) is 13.0 Å². The number of carbonyl (C=O) groups is 1. The maximum atomic E-state index is 13.8. The molecule has 0 fully saturated rings. The lowest BCUT2D eigenvalue weighted by Crippen LogP contribution is -2.16. The number of hydrogen-bond donors (Lipinski definition) is 1. The minimum atomic E-state index is -0.958. The zero-order valence-corrected chi connectivity index (χ0v) is 16.1. The van der Waals surface area contributed by atoms with E-state index in [-0.39, 0.29) is 5.82 Å². The second-order valence-corrected chi connectivity index (χ2v) is 6.57. The fraction of sp³-hybridized carbons (Fsp3) is 0.143. The maximum absolute atomic E-state index is 13.8. The van der Waals surface area contributed by atoms with Gasteiger partial charge in [0.05, 0.1) is 0 Å². The van der Waals surface area contributed by atoms with Gasteiger partial charge < -0.3 is 9.73 Å². The van der Waals surface area contributed by atoms with Gasteiger partial charge in [0.15, 0.2) is 11.2 Å².